The summed E-state index contributed by atoms with van der Waals surface area (Å²) >= 11 is 0. The summed E-state index contributed by atoms with van der Waals surface area (Å²) in [6, 6.07) is 7.23. The van der Waals surface area contributed by atoms with Gasteiger partial charge in [0.15, 0.2) is 5.76 Å². The molecule has 0 radical (unpaired) electrons. The number of ketones is 1. The van der Waals surface area contributed by atoms with E-state index in [1.165, 1.54) is 38.3 Å². The van der Waals surface area contributed by atoms with Crippen LogP contribution in [0.5, 0.6) is 11.5 Å². The van der Waals surface area contributed by atoms with E-state index in [1.54, 1.807) is 24.3 Å². The number of Topliss-reactive ketones (excluding diaryl/α,β-unsaturated/α-hetero) is 1. The Hall–Kier alpha value is -4.15. The fourth-order valence-corrected chi connectivity index (χ4v) is 3.27. The number of furan rings is 1. The van der Waals surface area contributed by atoms with Crippen LogP contribution in [0.15, 0.2) is 52.3 Å². The zero-order valence-corrected chi connectivity index (χ0v) is 16.3. The van der Waals surface area contributed by atoms with Gasteiger partial charge in [0.05, 0.1) is 33.2 Å². The van der Waals surface area contributed by atoms with Crippen molar-refractivity contribution in [1.82, 2.24) is 20.2 Å². The number of rotatable bonds is 6. The molecule has 0 bridgehead atoms. The van der Waals surface area contributed by atoms with E-state index in [0.717, 1.165) is 0 Å². The number of ether oxygens (including phenoxy) is 3. The number of hydrogen-bond donors (Lipinski definition) is 1. The third-order valence-corrected chi connectivity index (χ3v) is 4.63. The van der Waals surface area contributed by atoms with E-state index >= 15 is 0 Å². The summed E-state index contributed by atoms with van der Waals surface area (Å²) in [6.45, 7) is 0. The van der Waals surface area contributed by atoms with Crippen molar-refractivity contribution in [3.63, 3.8) is 0 Å². The fourth-order valence-electron chi connectivity index (χ4n) is 3.27. The van der Waals surface area contributed by atoms with Gasteiger partial charge in [0, 0.05) is 5.56 Å². The maximum atomic E-state index is 13.4. The molecule has 0 spiro atoms. The summed E-state index contributed by atoms with van der Waals surface area (Å²) in [5, 5.41) is 14.4. The largest absolute Gasteiger partial charge is 0.497 e. The normalized spacial score (nSPS) is 15.2. The summed E-state index contributed by atoms with van der Waals surface area (Å²) in [5.74, 6) is -0.144. The molecule has 11 heteroatoms. The van der Waals surface area contributed by atoms with Crippen LogP contribution in [0.1, 0.15) is 22.2 Å². The van der Waals surface area contributed by atoms with E-state index in [2.05, 4.69) is 20.8 Å². The van der Waals surface area contributed by atoms with Gasteiger partial charge in [-0.3, -0.25) is 4.79 Å². The maximum absolute atomic E-state index is 13.4. The standard InChI is InChI=1S/C19H17N5O6/c1-27-10-6-7-12(28-2)11(9-10)16-14(17(25)13-5-4-8-30-13)15(18(26)29-3)20-19-21-22-23-24(16)19/h4-9,16H,1-3H3,(H,20,21,23)/t16-/m1/s1. The molecule has 154 valence electrons. The number of esters is 1. The van der Waals surface area contributed by atoms with Crippen LogP contribution in [0.3, 0.4) is 0 Å². The number of carbonyl (C=O) groups excluding carboxylic acids is 2. The molecule has 0 saturated carbocycles. The molecule has 11 nitrogen and oxygen atoms in total. The maximum Gasteiger partial charge on any atom is 0.355 e. The lowest BCUT2D eigenvalue weighted by molar-refractivity contribution is -0.136. The Bertz CT molecular complexity index is 1130. The van der Waals surface area contributed by atoms with Crippen molar-refractivity contribution >= 4 is 17.7 Å². The van der Waals surface area contributed by atoms with Crippen LogP contribution in [0, 0.1) is 0 Å². The van der Waals surface area contributed by atoms with E-state index in [4.69, 9.17) is 18.6 Å². The van der Waals surface area contributed by atoms with Gasteiger partial charge in [0.25, 0.3) is 0 Å². The topological polar surface area (TPSA) is 131 Å². The first-order chi connectivity index (χ1) is 14.6. The van der Waals surface area contributed by atoms with Crippen molar-refractivity contribution in [3.05, 3.63) is 59.2 Å². The van der Waals surface area contributed by atoms with E-state index in [1.807, 2.05) is 0 Å². The summed E-state index contributed by atoms with van der Waals surface area (Å²) in [6.07, 6.45) is 1.37. The molecule has 1 N–H and O–H groups in total. The molecule has 0 fully saturated rings. The Morgan fingerprint density at radius 1 is 1.17 bits per heavy atom. The highest BCUT2D eigenvalue weighted by atomic mass is 16.5. The van der Waals surface area contributed by atoms with E-state index in [-0.39, 0.29) is 23.0 Å². The van der Waals surface area contributed by atoms with E-state index < -0.39 is 17.8 Å². The minimum atomic E-state index is -0.923. The molecule has 1 aliphatic rings. The number of aromatic nitrogens is 4. The molecule has 4 rings (SSSR count). The van der Waals surface area contributed by atoms with E-state index in [0.29, 0.717) is 17.1 Å². The first-order valence-corrected chi connectivity index (χ1v) is 8.76. The van der Waals surface area contributed by atoms with Gasteiger partial charge >= 0.3 is 5.97 Å². The van der Waals surface area contributed by atoms with E-state index in [9.17, 15) is 9.59 Å². The second-order valence-corrected chi connectivity index (χ2v) is 6.17. The van der Waals surface area contributed by atoms with Crippen LogP contribution < -0.4 is 14.8 Å². The summed E-state index contributed by atoms with van der Waals surface area (Å²) in [4.78, 5) is 26.0. The number of carbonyl (C=O) groups is 2. The molecular formula is C19H17N5O6. The van der Waals surface area contributed by atoms with Crippen LogP contribution in [-0.4, -0.2) is 53.3 Å². The molecule has 3 heterocycles. The highest BCUT2D eigenvalue weighted by Crippen LogP contribution is 2.41. The third-order valence-electron chi connectivity index (χ3n) is 4.63. The SMILES string of the molecule is COC(=O)C1=C(C(=O)c2ccco2)[C@@H](c2cc(OC)ccc2OC)n2nnnc2N1. The Morgan fingerprint density at radius 3 is 2.67 bits per heavy atom. The van der Waals surface area contributed by atoms with Crippen molar-refractivity contribution in [2.75, 3.05) is 26.6 Å². The molecule has 1 aliphatic heterocycles. The molecule has 3 aromatic rings. The Morgan fingerprint density at radius 2 is 2.00 bits per heavy atom. The van der Waals surface area contributed by atoms with Gasteiger partial charge in [-0.2, -0.15) is 4.68 Å². The average molecular weight is 411 g/mol. The number of allylic oxidation sites excluding steroid dienone is 1. The Kier molecular flexibility index (Phi) is 4.92. The van der Waals surface area contributed by atoms with Gasteiger partial charge in [-0.1, -0.05) is 5.10 Å². The highest BCUT2D eigenvalue weighted by molar-refractivity contribution is 6.13. The smallest absolute Gasteiger partial charge is 0.355 e. The molecule has 1 aromatic carbocycles. The average Bonchev–Trinajstić information content (AvgIpc) is 3.48. The summed E-state index contributed by atoms with van der Waals surface area (Å²) in [5.41, 5.74) is 0.433. The van der Waals surface area contributed by atoms with Crippen LogP contribution in [-0.2, 0) is 9.53 Å². The van der Waals surface area contributed by atoms with Crippen LogP contribution in [0.2, 0.25) is 0 Å². The van der Waals surface area contributed by atoms with Gasteiger partial charge in [-0.25, -0.2) is 4.79 Å². The van der Waals surface area contributed by atoms with Crippen molar-refractivity contribution in [2.24, 2.45) is 0 Å². The Labute approximate surface area is 170 Å². The van der Waals surface area contributed by atoms with Crippen molar-refractivity contribution < 1.29 is 28.2 Å². The molecular weight excluding hydrogens is 394 g/mol. The summed E-state index contributed by atoms with van der Waals surface area (Å²) in [7, 11) is 4.22. The van der Waals surface area contributed by atoms with Gasteiger partial charge in [-0.15, -0.1) is 0 Å². The fraction of sp³-hybridized carbons (Fsp3) is 0.211. The first kappa shape index (κ1) is 19.2. The van der Waals surface area contributed by atoms with Crippen molar-refractivity contribution in [1.29, 1.82) is 0 Å². The lowest BCUT2D eigenvalue weighted by atomic mass is 9.90. The lowest BCUT2D eigenvalue weighted by Crippen LogP contribution is -2.33. The number of nitrogens with one attached hydrogen (secondary N) is 1. The number of benzene rings is 1. The molecule has 30 heavy (non-hydrogen) atoms. The molecule has 2 aromatic heterocycles. The molecule has 0 aliphatic carbocycles. The number of hydrogen-bond acceptors (Lipinski definition) is 10. The van der Waals surface area contributed by atoms with Crippen molar-refractivity contribution in [2.45, 2.75) is 6.04 Å². The zero-order chi connectivity index (χ0) is 21.3. The van der Waals surface area contributed by atoms with Gasteiger partial charge < -0.3 is 23.9 Å². The number of nitrogens with zero attached hydrogens (tertiary/aromatic N) is 4. The number of tetrazole rings is 1. The van der Waals surface area contributed by atoms with Crippen LogP contribution >= 0.6 is 0 Å². The van der Waals surface area contributed by atoms with Crippen LogP contribution in [0.25, 0.3) is 0 Å². The second-order valence-electron chi connectivity index (χ2n) is 6.17. The minimum Gasteiger partial charge on any atom is -0.497 e. The van der Waals surface area contributed by atoms with Crippen molar-refractivity contribution in [3.8, 4) is 11.5 Å². The highest BCUT2D eigenvalue weighted by Gasteiger charge is 2.40. The predicted molar refractivity (Wildman–Crippen MR) is 101 cm³/mol. The molecule has 0 saturated heterocycles. The lowest BCUT2D eigenvalue weighted by Gasteiger charge is -2.28. The third kappa shape index (κ3) is 3.05. The zero-order valence-electron chi connectivity index (χ0n) is 16.3. The predicted octanol–water partition coefficient (Wildman–Crippen LogP) is 1.61. The monoisotopic (exact) mass is 411 g/mol. The van der Waals surface area contributed by atoms with Gasteiger partial charge in [0.2, 0.25) is 11.7 Å². The van der Waals surface area contributed by atoms with Gasteiger partial charge in [-0.05, 0) is 40.8 Å². The quantitative estimate of drug-likeness (QED) is 0.471. The second kappa shape index (κ2) is 7.70. The number of fused-ring (bicyclic) bond motifs is 1. The van der Waals surface area contributed by atoms with Crippen LogP contribution in [0.4, 0.5) is 5.95 Å². The molecule has 1 atom stereocenters. The number of methoxy groups -OCH3 is 3. The Balaban J connectivity index is 2.01. The molecule has 0 amide bonds. The summed E-state index contributed by atoms with van der Waals surface area (Å²) < 4.78 is 22.4. The van der Waals surface area contributed by atoms with Gasteiger partial charge in [0.1, 0.15) is 23.2 Å². The first-order valence-electron chi connectivity index (χ1n) is 8.76. The number of anilines is 1. The minimum absolute atomic E-state index is 0.0307. The molecule has 0 unspecified atom stereocenters.